The molecular weight excluding hydrogens is 370 g/mol. The maximum absolute atomic E-state index is 12.7. The molecule has 0 aromatic heterocycles. The van der Waals surface area contributed by atoms with Gasteiger partial charge in [0.25, 0.3) is 5.91 Å². The average molecular weight is 395 g/mol. The fourth-order valence-corrected chi connectivity index (χ4v) is 5.63. The molecule has 8 nitrogen and oxygen atoms in total. The Labute approximate surface area is 159 Å². The number of carbonyl (C=O) groups is 2. The van der Waals surface area contributed by atoms with E-state index in [2.05, 4.69) is 15.5 Å². The van der Waals surface area contributed by atoms with Gasteiger partial charge < -0.3 is 10.1 Å². The number of sulfone groups is 1. The fraction of sp³-hybridized carbons (Fsp3) is 0.556. The van der Waals surface area contributed by atoms with Gasteiger partial charge in [0.05, 0.1) is 24.2 Å². The minimum atomic E-state index is -3.17. The van der Waals surface area contributed by atoms with Gasteiger partial charge in [0.15, 0.2) is 9.84 Å². The number of nitrogens with one attached hydrogen (secondary N) is 2. The van der Waals surface area contributed by atoms with Crippen LogP contribution in [0.5, 0.6) is 0 Å². The summed E-state index contributed by atoms with van der Waals surface area (Å²) >= 11 is 0. The van der Waals surface area contributed by atoms with E-state index in [0.29, 0.717) is 11.3 Å². The molecule has 2 saturated heterocycles. The van der Waals surface area contributed by atoms with Crippen LogP contribution in [-0.4, -0.2) is 68.6 Å². The lowest BCUT2D eigenvalue weighted by atomic mass is 10.1. The van der Waals surface area contributed by atoms with Crippen molar-refractivity contribution in [2.75, 3.05) is 36.5 Å². The molecule has 0 spiro atoms. The molecule has 2 fully saturated rings. The number of hydrogen-bond acceptors (Lipinski definition) is 6. The van der Waals surface area contributed by atoms with Crippen LogP contribution in [0.1, 0.15) is 30.1 Å². The van der Waals surface area contributed by atoms with E-state index in [1.165, 1.54) is 0 Å². The Morgan fingerprint density at radius 2 is 1.96 bits per heavy atom. The molecule has 1 aromatic carbocycles. The van der Waals surface area contributed by atoms with Gasteiger partial charge >= 0.3 is 6.09 Å². The highest BCUT2D eigenvalue weighted by Gasteiger charge is 2.42. The number of rotatable bonds is 5. The van der Waals surface area contributed by atoms with Crippen molar-refractivity contribution in [2.45, 2.75) is 31.8 Å². The smallest absolute Gasteiger partial charge is 0.411 e. The van der Waals surface area contributed by atoms with E-state index >= 15 is 0 Å². The molecule has 2 unspecified atom stereocenters. The van der Waals surface area contributed by atoms with Crippen molar-refractivity contribution in [2.24, 2.45) is 0 Å². The molecule has 2 N–H and O–H groups in total. The molecule has 9 heteroatoms. The molecule has 2 atom stereocenters. The third-order valence-electron chi connectivity index (χ3n) is 4.90. The van der Waals surface area contributed by atoms with Gasteiger partial charge in [-0.25, -0.2) is 13.2 Å². The van der Waals surface area contributed by atoms with Gasteiger partial charge in [0.2, 0.25) is 0 Å². The van der Waals surface area contributed by atoms with Gasteiger partial charge in [-0.15, -0.1) is 0 Å². The lowest BCUT2D eigenvalue weighted by Gasteiger charge is -2.28. The average Bonchev–Trinajstić information content (AvgIpc) is 3.22. The van der Waals surface area contributed by atoms with Crippen LogP contribution in [0, 0.1) is 0 Å². The summed E-state index contributed by atoms with van der Waals surface area (Å²) < 4.78 is 29.1. The molecule has 148 valence electrons. The van der Waals surface area contributed by atoms with Gasteiger partial charge in [-0.2, -0.15) is 0 Å². The number of anilines is 1. The summed E-state index contributed by atoms with van der Waals surface area (Å²) in [5.74, 6) is -0.308. The Morgan fingerprint density at radius 3 is 2.67 bits per heavy atom. The highest BCUT2D eigenvalue weighted by Crippen LogP contribution is 2.23. The van der Waals surface area contributed by atoms with Crippen molar-refractivity contribution in [1.29, 1.82) is 0 Å². The number of carbonyl (C=O) groups excluding carboxylic acids is 2. The monoisotopic (exact) mass is 395 g/mol. The van der Waals surface area contributed by atoms with Crippen molar-refractivity contribution in [1.82, 2.24) is 10.2 Å². The Morgan fingerprint density at radius 1 is 1.22 bits per heavy atom. The highest BCUT2D eigenvalue weighted by atomic mass is 32.2. The molecule has 3 rings (SSSR count). The number of amides is 2. The summed E-state index contributed by atoms with van der Waals surface area (Å²) in [5, 5.41) is 5.43. The van der Waals surface area contributed by atoms with Crippen molar-refractivity contribution in [3.63, 3.8) is 0 Å². The van der Waals surface area contributed by atoms with E-state index in [0.717, 1.165) is 25.9 Å². The Hall–Kier alpha value is -2.13. The van der Waals surface area contributed by atoms with Gasteiger partial charge in [-0.1, -0.05) is 6.07 Å². The van der Waals surface area contributed by atoms with Gasteiger partial charge in [-0.3, -0.25) is 15.0 Å². The quantitative estimate of drug-likeness (QED) is 0.777. The minimum Gasteiger partial charge on any atom is -0.450 e. The van der Waals surface area contributed by atoms with Crippen molar-refractivity contribution < 1.29 is 22.7 Å². The Kier molecular flexibility index (Phi) is 6.01. The summed E-state index contributed by atoms with van der Waals surface area (Å²) in [7, 11) is -3.17. The summed E-state index contributed by atoms with van der Waals surface area (Å²) in [6.07, 6.45) is 1.52. The van der Waals surface area contributed by atoms with E-state index in [-0.39, 0.29) is 30.1 Å². The van der Waals surface area contributed by atoms with Crippen molar-refractivity contribution in [3.05, 3.63) is 29.8 Å². The van der Waals surface area contributed by atoms with Crippen LogP contribution in [0.25, 0.3) is 0 Å². The molecule has 0 saturated carbocycles. The zero-order chi connectivity index (χ0) is 19.4. The molecule has 2 aliphatic rings. The van der Waals surface area contributed by atoms with Crippen LogP contribution in [0.15, 0.2) is 24.3 Å². The summed E-state index contributed by atoms with van der Waals surface area (Å²) in [5.41, 5.74) is 0.796. The van der Waals surface area contributed by atoms with Crippen LogP contribution in [-0.2, 0) is 14.6 Å². The first-order chi connectivity index (χ1) is 12.9. The molecule has 1 aromatic rings. The topological polar surface area (TPSA) is 105 Å². The van der Waals surface area contributed by atoms with Crippen molar-refractivity contribution in [3.8, 4) is 0 Å². The molecule has 0 aliphatic carbocycles. The maximum Gasteiger partial charge on any atom is 0.411 e. The first-order valence-electron chi connectivity index (χ1n) is 9.17. The summed E-state index contributed by atoms with van der Waals surface area (Å²) in [4.78, 5) is 26.4. The van der Waals surface area contributed by atoms with E-state index in [9.17, 15) is 18.0 Å². The summed E-state index contributed by atoms with van der Waals surface area (Å²) in [6, 6.07) is 5.87. The van der Waals surface area contributed by atoms with E-state index in [1.54, 1.807) is 31.2 Å². The molecule has 27 heavy (non-hydrogen) atoms. The predicted octanol–water partition coefficient (Wildman–Crippen LogP) is 1.25. The van der Waals surface area contributed by atoms with Gasteiger partial charge in [0.1, 0.15) is 0 Å². The van der Waals surface area contributed by atoms with Crippen LogP contribution in [0.3, 0.4) is 0 Å². The number of nitrogens with zero attached hydrogens (tertiary/aromatic N) is 1. The van der Waals surface area contributed by atoms with Gasteiger partial charge in [-0.05, 0) is 51.1 Å². The molecule has 2 aliphatic heterocycles. The first-order valence-corrected chi connectivity index (χ1v) is 11.0. The first kappa shape index (κ1) is 19.6. The standard InChI is InChI=1S/C18H25N3O5S/c1-2-26-18(23)19-14-7-5-6-13(10-14)17(22)20-15-11-27(24,25)12-16(15)21-8-3-4-9-21/h5-7,10,15-16H,2-4,8-9,11-12H2,1H3,(H,19,23)(H,20,22). The maximum atomic E-state index is 12.7. The minimum absolute atomic E-state index is 0.0410. The number of ether oxygens (including phenoxy) is 1. The van der Waals surface area contributed by atoms with Crippen LogP contribution < -0.4 is 10.6 Å². The molecule has 2 heterocycles. The Balaban J connectivity index is 1.69. The molecule has 2 amide bonds. The van der Waals surface area contributed by atoms with Crippen LogP contribution in [0.4, 0.5) is 10.5 Å². The highest BCUT2D eigenvalue weighted by molar-refractivity contribution is 7.91. The Bertz CT molecular complexity index is 805. The molecule has 0 radical (unpaired) electrons. The summed E-state index contributed by atoms with van der Waals surface area (Å²) in [6.45, 7) is 3.69. The van der Waals surface area contributed by atoms with Crippen LogP contribution in [0.2, 0.25) is 0 Å². The second-order valence-corrected chi connectivity index (χ2v) is 9.05. The normalized spacial score (nSPS) is 24.5. The fourth-order valence-electron chi connectivity index (χ4n) is 3.67. The third-order valence-corrected chi connectivity index (χ3v) is 6.61. The molecular formula is C18H25N3O5S. The van der Waals surface area contributed by atoms with Crippen molar-refractivity contribution >= 4 is 27.5 Å². The second-order valence-electron chi connectivity index (χ2n) is 6.89. The zero-order valence-electron chi connectivity index (χ0n) is 15.3. The SMILES string of the molecule is CCOC(=O)Nc1cccc(C(=O)NC2CS(=O)(=O)CC2N2CCCC2)c1. The second kappa shape index (κ2) is 8.26. The number of benzene rings is 1. The third kappa shape index (κ3) is 4.98. The van der Waals surface area contributed by atoms with E-state index < -0.39 is 22.0 Å². The number of likely N-dealkylation sites (tertiary alicyclic amines) is 1. The molecule has 0 bridgehead atoms. The predicted molar refractivity (Wildman–Crippen MR) is 102 cm³/mol. The largest absolute Gasteiger partial charge is 0.450 e. The van der Waals surface area contributed by atoms with Gasteiger partial charge in [0, 0.05) is 17.3 Å². The van der Waals surface area contributed by atoms with E-state index in [4.69, 9.17) is 4.74 Å². The van der Waals surface area contributed by atoms with E-state index in [1.807, 2.05) is 0 Å². The number of hydrogen-bond donors (Lipinski definition) is 2. The zero-order valence-corrected chi connectivity index (χ0v) is 16.1. The lowest BCUT2D eigenvalue weighted by molar-refractivity contribution is 0.0918. The lowest BCUT2D eigenvalue weighted by Crippen LogP contribution is -2.50. The van der Waals surface area contributed by atoms with Crippen LogP contribution >= 0.6 is 0 Å².